The predicted octanol–water partition coefficient (Wildman–Crippen LogP) is 2.45. The van der Waals surface area contributed by atoms with E-state index in [1.807, 2.05) is 6.92 Å². The molecule has 110 valence electrons. The first-order valence-corrected chi connectivity index (χ1v) is 6.41. The Labute approximate surface area is 122 Å². The molecule has 0 aliphatic rings. The smallest absolute Gasteiger partial charge is 0.259 e. The SMILES string of the molecule is CCOc1ccc(NC(=O)c2ccc(OC)cc2O)cn1. The average Bonchev–Trinajstić information content (AvgIpc) is 2.49. The number of phenols is 1. The minimum absolute atomic E-state index is 0.147. The monoisotopic (exact) mass is 288 g/mol. The van der Waals surface area contributed by atoms with Crippen LogP contribution >= 0.6 is 0 Å². The maximum absolute atomic E-state index is 12.1. The number of ether oxygens (including phenoxy) is 2. The Bertz CT molecular complexity index is 626. The minimum Gasteiger partial charge on any atom is -0.507 e. The number of rotatable bonds is 5. The standard InChI is InChI=1S/C15H16N2O4/c1-3-21-14-7-4-10(9-16-14)17-15(19)12-6-5-11(20-2)8-13(12)18/h4-9,18H,3H2,1-2H3,(H,17,19). The second kappa shape index (κ2) is 6.60. The third-order valence-corrected chi connectivity index (χ3v) is 2.74. The average molecular weight is 288 g/mol. The van der Waals surface area contributed by atoms with Gasteiger partial charge in [-0.2, -0.15) is 0 Å². The van der Waals surface area contributed by atoms with Gasteiger partial charge < -0.3 is 19.9 Å². The molecule has 1 aromatic heterocycles. The van der Waals surface area contributed by atoms with Gasteiger partial charge in [0, 0.05) is 12.1 Å². The zero-order valence-electron chi connectivity index (χ0n) is 11.8. The van der Waals surface area contributed by atoms with Crippen molar-refractivity contribution in [2.24, 2.45) is 0 Å². The lowest BCUT2D eigenvalue weighted by atomic mass is 10.1. The van der Waals surface area contributed by atoms with Gasteiger partial charge >= 0.3 is 0 Å². The molecule has 0 saturated heterocycles. The molecule has 1 heterocycles. The van der Waals surface area contributed by atoms with Crippen LogP contribution in [0.1, 0.15) is 17.3 Å². The first kappa shape index (κ1) is 14.6. The summed E-state index contributed by atoms with van der Waals surface area (Å²) in [5.74, 6) is 0.390. The molecule has 0 radical (unpaired) electrons. The second-order valence-electron chi connectivity index (χ2n) is 4.16. The van der Waals surface area contributed by atoms with Crippen LogP contribution in [0.5, 0.6) is 17.4 Å². The molecule has 0 bridgehead atoms. The molecule has 0 unspecified atom stereocenters. The van der Waals surface area contributed by atoms with Crippen LogP contribution in [0.3, 0.4) is 0 Å². The van der Waals surface area contributed by atoms with E-state index in [2.05, 4.69) is 10.3 Å². The summed E-state index contributed by atoms with van der Waals surface area (Å²) >= 11 is 0. The number of carbonyl (C=O) groups excluding carboxylic acids is 1. The summed E-state index contributed by atoms with van der Waals surface area (Å²) in [5.41, 5.74) is 0.670. The highest BCUT2D eigenvalue weighted by Gasteiger charge is 2.12. The topological polar surface area (TPSA) is 80.7 Å². The van der Waals surface area contributed by atoms with E-state index in [-0.39, 0.29) is 11.3 Å². The Morgan fingerprint density at radius 3 is 2.71 bits per heavy atom. The van der Waals surface area contributed by atoms with Crippen LogP contribution in [0.4, 0.5) is 5.69 Å². The summed E-state index contributed by atoms with van der Waals surface area (Å²) < 4.78 is 10.2. The van der Waals surface area contributed by atoms with Crippen molar-refractivity contribution < 1.29 is 19.4 Å². The minimum atomic E-state index is -0.430. The fraction of sp³-hybridized carbons (Fsp3) is 0.200. The van der Waals surface area contributed by atoms with E-state index in [4.69, 9.17) is 9.47 Å². The number of carbonyl (C=O) groups is 1. The van der Waals surface area contributed by atoms with Gasteiger partial charge in [0.05, 0.1) is 31.2 Å². The molecule has 0 spiro atoms. The maximum Gasteiger partial charge on any atom is 0.259 e. The van der Waals surface area contributed by atoms with Crippen molar-refractivity contribution in [1.29, 1.82) is 0 Å². The highest BCUT2D eigenvalue weighted by atomic mass is 16.5. The van der Waals surface area contributed by atoms with Gasteiger partial charge in [-0.05, 0) is 25.1 Å². The van der Waals surface area contributed by atoms with E-state index in [0.29, 0.717) is 23.9 Å². The van der Waals surface area contributed by atoms with Crippen LogP contribution in [0.2, 0.25) is 0 Å². The number of aromatic nitrogens is 1. The third-order valence-electron chi connectivity index (χ3n) is 2.74. The Hall–Kier alpha value is -2.76. The first-order valence-electron chi connectivity index (χ1n) is 6.41. The molecule has 0 aliphatic heterocycles. The van der Waals surface area contributed by atoms with Crippen molar-refractivity contribution in [2.75, 3.05) is 19.0 Å². The number of amides is 1. The zero-order chi connectivity index (χ0) is 15.2. The normalized spacial score (nSPS) is 10.0. The molecule has 2 rings (SSSR count). The number of hydrogen-bond acceptors (Lipinski definition) is 5. The summed E-state index contributed by atoms with van der Waals surface area (Å²) in [6.07, 6.45) is 1.49. The van der Waals surface area contributed by atoms with Crippen LogP contribution in [0, 0.1) is 0 Å². The summed E-state index contributed by atoms with van der Waals surface area (Å²) in [6, 6.07) is 7.81. The number of benzene rings is 1. The lowest BCUT2D eigenvalue weighted by Crippen LogP contribution is -2.12. The highest BCUT2D eigenvalue weighted by Crippen LogP contribution is 2.24. The molecule has 0 atom stereocenters. The lowest BCUT2D eigenvalue weighted by Gasteiger charge is -2.08. The number of nitrogens with one attached hydrogen (secondary N) is 1. The van der Waals surface area contributed by atoms with Crippen molar-refractivity contribution in [2.45, 2.75) is 6.92 Å². The molecule has 0 fully saturated rings. The first-order chi connectivity index (χ1) is 10.1. The number of nitrogens with zero attached hydrogens (tertiary/aromatic N) is 1. The molecule has 2 aromatic rings. The molecular weight excluding hydrogens is 272 g/mol. The fourth-order valence-corrected chi connectivity index (χ4v) is 1.72. The van der Waals surface area contributed by atoms with E-state index in [9.17, 15) is 9.90 Å². The molecule has 21 heavy (non-hydrogen) atoms. The zero-order valence-corrected chi connectivity index (χ0v) is 11.8. The molecule has 1 aromatic carbocycles. The molecule has 2 N–H and O–H groups in total. The van der Waals surface area contributed by atoms with Gasteiger partial charge in [-0.25, -0.2) is 4.98 Å². The van der Waals surface area contributed by atoms with Crippen molar-refractivity contribution in [3.8, 4) is 17.4 Å². The van der Waals surface area contributed by atoms with E-state index in [1.54, 1.807) is 18.2 Å². The van der Waals surface area contributed by atoms with Crippen LogP contribution in [-0.4, -0.2) is 29.7 Å². The second-order valence-corrected chi connectivity index (χ2v) is 4.16. The van der Waals surface area contributed by atoms with E-state index in [0.717, 1.165) is 0 Å². The van der Waals surface area contributed by atoms with Gasteiger partial charge in [0.1, 0.15) is 11.5 Å². The van der Waals surface area contributed by atoms with E-state index >= 15 is 0 Å². The predicted molar refractivity (Wildman–Crippen MR) is 78.0 cm³/mol. The summed E-state index contributed by atoms with van der Waals surface area (Å²) in [4.78, 5) is 16.1. The summed E-state index contributed by atoms with van der Waals surface area (Å²) in [7, 11) is 1.49. The molecule has 0 aliphatic carbocycles. The highest BCUT2D eigenvalue weighted by molar-refractivity contribution is 6.06. The van der Waals surface area contributed by atoms with E-state index in [1.165, 1.54) is 25.4 Å². The maximum atomic E-state index is 12.1. The summed E-state index contributed by atoms with van der Waals surface area (Å²) in [6.45, 7) is 2.39. The fourth-order valence-electron chi connectivity index (χ4n) is 1.72. The third kappa shape index (κ3) is 3.62. The number of aromatic hydroxyl groups is 1. The van der Waals surface area contributed by atoms with Gasteiger partial charge in [0.15, 0.2) is 0 Å². The van der Waals surface area contributed by atoms with Crippen LogP contribution in [0.15, 0.2) is 36.5 Å². The summed E-state index contributed by atoms with van der Waals surface area (Å²) in [5, 5.41) is 12.5. The Morgan fingerprint density at radius 1 is 1.33 bits per heavy atom. The van der Waals surface area contributed by atoms with Crippen molar-refractivity contribution in [3.05, 3.63) is 42.1 Å². The number of phenolic OH excluding ortho intramolecular Hbond substituents is 1. The van der Waals surface area contributed by atoms with Crippen LogP contribution in [-0.2, 0) is 0 Å². The van der Waals surface area contributed by atoms with Crippen LogP contribution in [0.25, 0.3) is 0 Å². The van der Waals surface area contributed by atoms with Crippen LogP contribution < -0.4 is 14.8 Å². The number of hydrogen-bond donors (Lipinski definition) is 2. The van der Waals surface area contributed by atoms with Gasteiger partial charge in [-0.1, -0.05) is 0 Å². The Balaban J connectivity index is 2.10. The number of anilines is 1. The largest absolute Gasteiger partial charge is 0.507 e. The van der Waals surface area contributed by atoms with Gasteiger partial charge in [0.2, 0.25) is 5.88 Å². The quantitative estimate of drug-likeness (QED) is 0.883. The Kier molecular flexibility index (Phi) is 4.61. The number of methoxy groups -OCH3 is 1. The van der Waals surface area contributed by atoms with Crippen molar-refractivity contribution in [3.63, 3.8) is 0 Å². The molecule has 0 saturated carbocycles. The van der Waals surface area contributed by atoms with Gasteiger partial charge in [0.25, 0.3) is 5.91 Å². The van der Waals surface area contributed by atoms with E-state index < -0.39 is 5.91 Å². The Morgan fingerprint density at radius 2 is 2.14 bits per heavy atom. The van der Waals surface area contributed by atoms with Crippen molar-refractivity contribution in [1.82, 2.24) is 4.98 Å². The molecule has 1 amide bonds. The molecular formula is C15H16N2O4. The molecule has 6 nitrogen and oxygen atoms in total. The van der Waals surface area contributed by atoms with Gasteiger partial charge in [-0.15, -0.1) is 0 Å². The van der Waals surface area contributed by atoms with Crippen molar-refractivity contribution >= 4 is 11.6 Å². The molecule has 6 heteroatoms. The number of pyridine rings is 1. The lowest BCUT2D eigenvalue weighted by molar-refractivity contribution is 0.102. The van der Waals surface area contributed by atoms with Gasteiger partial charge in [-0.3, -0.25) is 4.79 Å².